The summed E-state index contributed by atoms with van der Waals surface area (Å²) in [6.45, 7) is 3.44. The lowest BCUT2D eigenvalue weighted by Crippen LogP contribution is -2.48. The van der Waals surface area contributed by atoms with E-state index in [-0.39, 0.29) is 35.8 Å². The van der Waals surface area contributed by atoms with Crippen molar-refractivity contribution < 1.29 is 18.4 Å². The highest BCUT2D eigenvalue weighted by Gasteiger charge is 2.25. The van der Waals surface area contributed by atoms with Crippen molar-refractivity contribution in [2.45, 2.75) is 19.1 Å². The van der Waals surface area contributed by atoms with Crippen molar-refractivity contribution in [3.05, 3.63) is 36.0 Å². The van der Waals surface area contributed by atoms with Gasteiger partial charge in [0.25, 0.3) is 5.91 Å². The molecule has 1 aliphatic rings. The molecule has 2 heterocycles. The molecule has 130 valence electrons. The lowest BCUT2D eigenvalue weighted by Gasteiger charge is -2.23. The highest BCUT2D eigenvalue weighted by Crippen LogP contribution is 2.19. The van der Waals surface area contributed by atoms with Crippen LogP contribution in [0.5, 0.6) is 0 Å². The number of aromatic nitrogens is 2. The summed E-state index contributed by atoms with van der Waals surface area (Å²) in [6, 6.07) is 5.44. The fourth-order valence-electron chi connectivity index (χ4n) is 2.26. The third-order valence-electron chi connectivity index (χ3n) is 3.47. The van der Waals surface area contributed by atoms with Gasteiger partial charge in [0.15, 0.2) is 0 Å². The van der Waals surface area contributed by atoms with Gasteiger partial charge >= 0.3 is 0 Å². The van der Waals surface area contributed by atoms with Crippen LogP contribution >= 0.6 is 12.4 Å². The van der Waals surface area contributed by atoms with E-state index in [0.29, 0.717) is 18.7 Å². The summed E-state index contributed by atoms with van der Waals surface area (Å²) in [5.41, 5.74) is 0.512. The van der Waals surface area contributed by atoms with Gasteiger partial charge < -0.3 is 19.9 Å². The SMILES string of the molecule is CC(NC(=O)C1CNCCO1)c1nc(-c2cccc(F)c2)no1.Cl. The summed E-state index contributed by atoms with van der Waals surface area (Å²) in [6.07, 6.45) is -0.531. The molecular formula is C15H18ClFN4O3. The fourth-order valence-corrected chi connectivity index (χ4v) is 2.26. The predicted octanol–water partition coefficient (Wildman–Crippen LogP) is 1.46. The van der Waals surface area contributed by atoms with Crippen molar-refractivity contribution in [1.82, 2.24) is 20.8 Å². The minimum atomic E-state index is -0.531. The van der Waals surface area contributed by atoms with Crippen molar-refractivity contribution in [3.8, 4) is 11.4 Å². The average Bonchev–Trinajstić information content (AvgIpc) is 3.06. The number of carbonyl (C=O) groups is 1. The maximum Gasteiger partial charge on any atom is 0.251 e. The van der Waals surface area contributed by atoms with Gasteiger partial charge in [0.05, 0.1) is 6.61 Å². The van der Waals surface area contributed by atoms with E-state index in [2.05, 4.69) is 20.8 Å². The van der Waals surface area contributed by atoms with Crippen LogP contribution in [0.1, 0.15) is 18.9 Å². The van der Waals surface area contributed by atoms with Gasteiger partial charge in [-0.25, -0.2) is 4.39 Å². The second-order valence-corrected chi connectivity index (χ2v) is 5.26. The Morgan fingerprint density at radius 2 is 2.33 bits per heavy atom. The van der Waals surface area contributed by atoms with Gasteiger partial charge in [0.1, 0.15) is 18.0 Å². The van der Waals surface area contributed by atoms with Crippen LogP contribution in [-0.4, -0.2) is 41.8 Å². The number of halogens is 2. The number of hydrogen-bond donors (Lipinski definition) is 2. The number of rotatable bonds is 4. The van der Waals surface area contributed by atoms with Crippen LogP contribution in [0.25, 0.3) is 11.4 Å². The quantitative estimate of drug-likeness (QED) is 0.862. The molecule has 2 unspecified atom stereocenters. The summed E-state index contributed by atoms with van der Waals surface area (Å²) in [4.78, 5) is 16.3. The summed E-state index contributed by atoms with van der Waals surface area (Å²) in [5.74, 6) is -0.0927. The van der Waals surface area contributed by atoms with E-state index in [4.69, 9.17) is 9.26 Å². The summed E-state index contributed by atoms with van der Waals surface area (Å²) >= 11 is 0. The highest BCUT2D eigenvalue weighted by atomic mass is 35.5. The van der Waals surface area contributed by atoms with Crippen LogP contribution in [0.4, 0.5) is 4.39 Å². The van der Waals surface area contributed by atoms with Crippen molar-refractivity contribution in [2.24, 2.45) is 0 Å². The molecule has 0 radical (unpaired) electrons. The zero-order chi connectivity index (χ0) is 16.2. The largest absolute Gasteiger partial charge is 0.366 e. The Morgan fingerprint density at radius 1 is 1.50 bits per heavy atom. The van der Waals surface area contributed by atoms with Crippen molar-refractivity contribution in [3.63, 3.8) is 0 Å². The Bertz CT molecular complexity index is 691. The van der Waals surface area contributed by atoms with E-state index < -0.39 is 12.1 Å². The zero-order valence-electron chi connectivity index (χ0n) is 13.0. The van der Waals surface area contributed by atoms with Crippen molar-refractivity contribution >= 4 is 18.3 Å². The van der Waals surface area contributed by atoms with Crippen LogP contribution in [0.3, 0.4) is 0 Å². The van der Waals surface area contributed by atoms with Crippen LogP contribution in [0.2, 0.25) is 0 Å². The van der Waals surface area contributed by atoms with Gasteiger partial charge in [0, 0.05) is 18.7 Å². The van der Waals surface area contributed by atoms with Gasteiger partial charge in [-0.3, -0.25) is 4.79 Å². The van der Waals surface area contributed by atoms with Gasteiger partial charge in [-0.1, -0.05) is 17.3 Å². The molecule has 2 atom stereocenters. The molecule has 1 aromatic carbocycles. The number of nitrogens with one attached hydrogen (secondary N) is 2. The number of amides is 1. The van der Waals surface area contributed by atoms with E-state index in [1.54, 1.807) is 19.1 Å². The van der Waals surface area contributed by atoms with Crippen molar-refractivity contribution in [1.29, 1.82) is 0 Å². The first-order valence-electron chi connectivity index (χ1n) is 7.36. The molecule has 0 spiro atoms. The molecule has 0 saturated carbocycles. The fraction of sp³-hybridized carbons (Fsp3) is 0.400. The molecule has 3 rings (SSSR count). The Balaban J connectivity index is 0.00000208. The van der Waals surface area contributed by atoms with E-state index in [1.165, 1.54) is 12.1 Å². The third kappa shape index (κ3) is 4.28. The van der Waals surface area contributed by atoms with Gasteiger partial charge in [-0.05, 0) is 19.1 Å². The Labute approximate surface area is 144 Å². The number of hydrogen-bond acceptors (Lipinski definition) is 6. The predicted molar refractivity (Wildman–Crippen MR) is 86.1 cm³/mol. The standard InChI is InChI=1S/C15H17FN4O3.ClH/c1-9(18-14(21)12-8-17-5-6-22-12)15-19-13(20-23-15)10-3-2-4-11(16)7-10;/h2-4,7,9,12,17H,5-6,8H2,1H3,(H,18,21);1H. The minimum Gasteiger partial charge on any atom is -0.366 e. The maximum absolute atomic E-state index is 13.2. The molecule has 1 fully saturated rings. The molecule has 2 aromatic rings. The van der Waals surface area contributed by atoms with E-state index >= 15 is 0 Å². The Kier molecular flexibility index (Phi) is 6.24. The Morgan fingerprint density at radius 3 is 3.04 bits per heavy atom. The second-order valence-electron chi connectivity index (χ2n) is 5.26. The first kappa shape index (κ1) is 18.3. The molecule has 9 heteroatoms. The lowest BCUT2D eigenvalue weighted by molar-refractivity contribution is -0.135. The zero-order valence-corrected chi connectivity index (χ0v) is 13.8. The van der Waals surface area contributed by atoms with Crippen molar-refractivity contribution in [2.75, 3.05) is 19.7 Å². The molecule has 24 heavy (non-hydrogen) atoms. The van der Waals surface area contributed by atoms with Gasteiger partial charge in [-0.15, -0.1) is 12.4 Å². The van der Waals surface area contributed by atoms with Crippen LogP contribution in [0, 0.1) is 5.82 Å². The van der Waals surface area contributed by atoms with E-state index in [9.17, 15) is 9.18 Å². The van der Waals surface area contributed by atoms with E-state index in [0.717, 1.165) is 6.54 Å². The second kappa shape index (κ2) is 8.18. The summed E-state index contributed by atoms with van der Waals surface area (Å²) in [5, 5.41) is 9.68. The number of morpholine rings is 1. The number of benzene rings is 1. The molecule has 0 aliphatic carbocycles. The molecule has 1 amide bonds. The summed E-state index contributed by atoms with van der Waals surface area (Å²) in [7, 11) is 0. The normalized spacial score (nSPS) is 18.5. The molecule has 2 N–H and O–H groups in total. The number of ether oxygens (including phenoxy) is 1. The molecule has 0 bridgehead atoms. The lowest BCUT2D eigenvalue weighted by atomic mass is 10.2. The Hall–Kier alpha value is -2.03. The minimum absolute atomic E-state index is 0. The van der Waals surface area contributed by atoms with Crippen LogP contribution < -0.4 is 10.6 Å². The molecule has 1 aliphatic heterocycles. The van der Waals surface area contributed by atoms with E-state index in [1.807, 2.05) is 0 Å². The molecular weight excluding hydrogens is 339 g/mol. The molecule has 7 nitrogen and oxygen atoms in total. The monoisotopic (exact) mass is 356 g/mol. The van der Waals surface area contributed by atoms with Crippen LogP contribution in [-0.2, 0) is 9.53 Å². The van der Waals surface area contributed by atoms with Gasteiger partial charge in [-0.2, -0.15) is 4.98 Å². The first-order valence-corrected chi connectivity index (χ1v) is 7.36. The summed E-state index contributed by atoms with van der Waals surface area (Å²) < 4.78 is 23.8. The van der Waals surface area contributed by atoms with Gasteiger partial charge in [0.2, 0.25) is 11.7 Å². The van der Waals surface area contributed by atoms with Crippen LogP contribution in [0.15, 0.2) is 28.8 Å². The third-order valence-corrected chi connectivity index (χ3v) is 3.47. The smallest absolute Gasteiger partial charge is 0.251 e. The average molecular weight is 357 g/mol. The number of nitrogens with zero attached hydrogens (tertiary/aromatic N) is 2. The first-order chi connectivity index (χ1) is 11.1. The maximum atomic E-state index is 13.2. The molecule has 1 saturated heterocycles. The highest BCUT2D eigenvalue weighted by molar-refractivity contribution is 5.85. The molecule has 1 aromatic heterocycles. The number of carbonyl (C=O) groups excluding carboxylic acids is 1. The topological polar surface area (TPSA) is 89.3 Å².